The van der Waals surface area contributed by atoms with Gasteiger partial charge in [-0.3, -0.25) is 9.48 Å². The number of nitrogens with zero attached hydrogens (tertiary/aromatic N) is 2. The van der Waals surface area contributed by atoms with Crippen LogP contribution in [0.3, 0.4) is 0 Å². The lowest BCUT2D eigenvalue weighted by Gasteiger charge is -2.14. The largest absolute Gasteiger partial charge is 0.491 e. The van der Waals surface area contributed by atoms with Crippen LogP contribution in [-0.2, 0) is 11.3 Å². The Morgan fingerprint density at radius 2 is 2.15 bits per heavy atom. The molecule has 146 valence electrons. The SMILES string of the molecule is Cc1cc(C)n(C[C@@H](C)CNC(=O)c2ccc(OC[C@@H]3CCCO3)cc2)n1. The number of carbonyl (C=O) groups is 1. The summed E-state index contributed by atoms with van der Waals surface area (Å²) in [6.45, 7) is 8.93. The molecule has 1 aromatic carbocycles. The third-order valence-corrected chi connectivity index (χ3v) is 4.78. The highest BCUT2D eigenvalue weighted by molar-refractivity contribution is 5.94. The van der Waals surface area contributed by atoms with Crippen molar-refractivity contribution in [3.63, 3.8) is 0 Å². The van der Waals surface area contributed by atoms with Crippen LogP contribution in [0, 0.1) is 19.8 Å². The summed E-state index contributed by atoms with van der Waals surface area (Å²) in [5, 5.41) is 7.47. The lowest BCUT2D eigenvalue weighted by molar-refractivity contribution is 0.0679. The van der Waals surface area contributed by atoms with Gasteiger partial charge < -0.3 is 14.8 Å². The van der Waals surface area contributed by atoms with E-state index in [1.54, 1.807) is 12.1 Å². The zero-order valence-corrected chi connectivity index (χ0v) is 16.4. The van der Waals surface area contributed by atoms with Gasteiger partial charge in [0.1, 0.15) is 12.4 Å². The average molecular weight is 371 g/mol. The molecule has 2 aromatic rings. The minimum Gasteiger partial charge on any atom is -0.491 e. The molecule has 0 unspecified atom stereocenters. The third-order valence-electron chi connectivity index (χ3n) is 4.78. The summed E-state index contributed by atoms with van der Waals surface area (Å²) in [7, 11) is 0. The first-order valence-electron chi connectivity index (χ1n) is 9.65. The Balaban J connectivity index is 1.43. The van der Waals surface area contributed by atoms with E-state index >= 15 is 0 Å². The van der Waals surface area contributed by atoms with Gasteiger partial charge in [0, 0.05) is 31.0 Å². The molecule has 0 aliphatic carbocycles. The van der Waals surface area contributed by atoms with E-state index in [0.717, 1.165) is 43.1 Å². The molecule has 1 fully saturated rings. The third kappa shape index (κ3) is 5.57. The van der Waals surface area contributed by atoms with Gasteiger partial charge in [-0.05, 0) is 62.9 Å². The summed E-state index contributed by atoms with van der Waals surface area (Å²) >= 11 is 0. The normalized spacial score (nSPS) is 17.7. The van der Waals surface area contributed by atoms with Crippen molar-refractivity contribution in [3.8, 4) is 5.75 Å². The van der Waals surface area contributed by atoms with Crippen LogP contribution in [0.4, 0.5) is 0 Å². The predicted octanol–water partition coefficient (Wildman–Crippen LogP) is 3.12. The number of aryl methyl sites for hydroxylation is 2. The van der Waals surface area contributed by atoms with E-state index in [4.69, 9.17) is 9.47 Å². The van der Waals surface area contributed by atoms with Crippen molar-refractivity contribution in [2.75, 3.05) is 19.8 Å². The first-order valence-corrected chi connectivity index (χ1v) is 9.65. The Labute approximate surface area is 160 Å². The summed E-state index contributed by atoms with van der Waals surface area (Å²) in [4.78, 5) is 12.4. The van der Waals surface area contributed by atoms with E-state index in [1.165, 1.54) is 0 Å². The smallest absolute Gasteiger partial charge is 0.251 e. The van der Waals surface area contributed by atoms with E-state index in [-0.39, 0.29) is 12.0 Å². The highest BCUT2D eigenvalue weighted by Gasteiger charge is 2.16. The van der Waals surface area contributed by atoms with Gasteiger partial charge in [0.05, 0.1) is 11.8 Å². The van der Waals surface area contributed by atoms with Crippen LogP contribution in [0.25, 0.3) is 0 Å². The molecular formula is C21H29N3O3. The zero-order chi connectivity index (χ0) is 19.2. The van der Waals surface area contributed by atoms with E-state index in [0.29, 0.717) is 24.6 Å². The number of amides is 1. The van der Waals surface area contributed by atoms with Crippen molar-refractivity contribution >= 4 is 5.91 Å². The molecule has 1 aromatic heterocycles. The number of nitrogens with one attached hydrogen (secondary N) is 1. The van der Waals surface area contributed by atoms with Crippen LogP contribution in [0.15, 0.2) is 30.3 Å². The first kappa shape index (κ1) is 19.4. The monoisotopic (exact) mass is 371 g/mol. The highest BCUT2D eigenvalue weighted by Crippen LogP contribution is 2.16. The summed E-state index contributed by atoms with van der Waals surface area (Å²) in [5.74, 6) is 0.988. The van der Waals surface area contributed by atoms with Crippen LogP contribution in [0.5, 0.6) is 5.75 Å². The lowest BCUT2D eigenvalue weighted by atomic mass is 10.1. The molecule has 0 spiro atoms. The van der Waals surface area contributed by atoms with Gasteiger partial charge in [0.15, 0.2) is 0 Å². The molecule has 1 saturated heterocycles. The predicted molar refractivity (Wildman–Crippen MR) is 104 cm³/mol. The van der Waals surface area contributed by atoms with Crippen molar-refractivity contribution in [1.82, 2.24) is 15.1 Å². The van der Waals surface area contributed by atoms with Crippen molar-refractivity contribution in [3.05, 3.63) is 47.3 Å². The molecule has 0 saturated carbocycles. The van der Waals surface area contributed by atoms with Crippen molar-refractivity contribution in [1.29, 1.82) is 0 Å². The molecule has 2 heterocycles. The number of ether oxygens (including phenoxy) is 2. The average Bonchev–Trinajstić information content (AvgIpc) is 3.28. The fourth-order valence-electron chi connectivity index (χ4n) is 3.26. The topological polar surface area (TPSA) is 65.4 Å². The number of aromatic nitrogens is 2. The zero-order valence-electron chi connectivity index (χ0n) is 16.4. The quantitative estimate of drug-likeness (QED) is 0.774. The second kappa shape index (κ2) is 9.04. The molecule has 1 amide bonds. The lowest BCUT2D eigenvalue weighted by Crippen LogP contribution is -2.30. The second-order valence-electron chi connectivity index (χ2n) is 7.39. The van der Waals surface area contributed by atoms with Gasteiger partial charge >= 0.3 is 0 Å². The van der Waals surface area contributed by atoms with Gasteiger partial charge in [0.2, 0.25) is 0 Å². The summed E-state index contributed by atoms with van der Waals surface area (Å²) in [6, 6.07) is 9.33. The van der Waals surface area contributed by atoms with Crippen LogP contribution >= 0.6 is 0 Å². The fraction of sp³-hybridized carbons (Fsp3) is 0.524. The number of benzene rings is 1. The molecule has 1 aliphatic heterocycles. The molecule has 6 heteroatoms. The molecule has 1 N–H and O–H groups in total. The Hall–Kier alpha value is -2.34. The van der Waals surface area contributed by atoms with Crippen LogP contribution in [0.1, 0.15) is 41.5 Å². The summed E-state index contributed by atoms with van der Waals surface area (Å²) < 4.78 is 13.3. The molecule has 0 bridgehead atoms. The van der Waals surface area contributed by atoms with Crippen LogP contribution < -0.4 is 10.1 Å². The Morgan fingerprint density at radius 3 is 2.78 bits per heavy atom. The first-order chi connectivity index (χ1) is 13.0. The minimum absolute atomic E-state index is 0.0686. The Kier molecular flexibility index (Phi) is 6.50. The maximum Gasteiger partial charge on any atom is 0.251 e. The molecule has 27 heavy (non-hydrogen) atoms. The molecule has 6 nitrogen and oxygen atoms in total. The van der Waals surface area contributed by atoms with Crippen LogP contribution in [0.2, 0.25) is 0 Å². The van der Waals surface area contributed by atoms with Gasteiger partial charge in [-0.1, -0.05) is 6.92 Å². The van der Waals surface area contributed by atoms with Crippen LogP contribution in [-0.4, -0.2) is 41.6 Å². The number of hydrogen-bond donors (Lipinski definition) is 1. The highest BCUT2D eigenvalue weighted by atomic mass is 16.5. The molecule has 1 aliphatic rings. The minimum atomic E-state index is -0.0686. The molecule has 2 atom stereocenters. The van der Waals surface area contributed by atoms with Gasteiger partial charge in [0.25, 0.3) is 5.91 Å². The van der Waals surface area contributed by atoms with E-state index in [2.05, 4.69) is 23.4 Å². The molecule has 3 rings (SSSR count). The van der Waals surface area contributed by atoms with Gasteiger partial charge in [-0.15, -0.1) is 0 Å². The number of carbonyl (C=O) groups excluding carboxylic acids is 1. The fourth-order valence-corrected chi connectivity index (χ4v) is 3.26. The Morgan fingerprint density at radius 1 is 1.37 bits per heavy atom. The van der Waals surface area contributed by atoms with Crippen molar-refractivity contribution < 1.29 is 14.3 Å². The van der Waals surface area contributed by atoms with E-state index < -0.39 is 0 Å². The van der Waals surface area contributed by atoms with Gasteiger partial charge in [-0.25, -0.2) is 0 Å². The van der Waals surface area contributed by atoms with E-state index in [9.17, 15) is 4.79 Å². The van der Waals surface area contributed by atoms with Gasteiger partial charge in [-0.2, -0.15) is 5.10 Å². The van der Waals surface area contributed by atoms with Crippen molar-refractivity contribution in [2.45, 2.75) is 46.3 Å². The summed E-state index contributed by atoms with van der Waals surface area (Å²) in [6.07, 6.45) is 2.35. The number of hydrogen-bond acceptors (Lipinski definition) is 4. The number of rotatable bonds is 8. The standard InChI is InChI=1S/C21H29N3O3/c1-15(13-24-17(3)11-16(2)23-24)12-22-21(25)18-6-8-19(9-7-18)27-14-20-5-4-10-26-20/h6-9,11,15,20H,4-5,10,12-14H2,1-3H3,(H,22,25)/t15-,20-/m0/s1. The maximum absolute atomic E-state index is 12.4. The maximum atomic E-state index is 12.4. The van der Waals surface area contributed by atoms with Crippen molar-refractivity contribution in [2.24, 2.45) is 5.92 Å². The molecule has 0 radical (unpaired) electrons. The Bertz CT molecular complexity index is 749. The second-order valence-corrected chi connectivity index (χ2v) is 7.39. The van der Waals surface area contributed by atoms with E-state index in [1.807, 2.05) is 30.7 Å². The summed E-state index contributed by atoms with van der Waals surface area (Å²) in [5.41, 5.74) is 2.80. The molecular weight excluding hydrogens is 342 g/mol.